The molecule has 1 N–H and O–H groups in total. The summed E-state index contributed by atoms with van der Waals surface area (Å²) >= 11 is 5.77. The van der Waals surface area contributed by atoms with Gasteiger partial charge in [-0.2, -0.15) is 5.48 Å². The molecule has 2 rings (SSSR count). The minimum atomic E-state index is 0. The Morgan fingerprint density at radius 2 is 2.00 bits per heavy atom. The Balaban J connectivity index is 0.000000845. The highest BCUT2D eigenvalue weighted by molar-refractivity contribution is 6.30. The Hall–Kier alpha value is -0.280. The van der Waals surface area contributed by atoms with Crippen molar-refractivity contribution < 1.29 is 4.84 Å². The van der Waals surface area contributed by atoms with E-state index in [1.807, 2.05) is 24.3 Å². The molecule has 0 radical (unpaired) electrons. The zero-order valence-electron chi connectivity index (χ0n) is 7.00. The van der Waals surface area contributed by atoms with E-state index in [1.54, 1.807) is 0 Å². The van der Waals surface area contributed by atoms with E-state index in [-0.39, 0.29) is 12.4 Å². The number of hydrogen-bond acceptors (Lipinski definition) is 2. The number of benzene rings is 1. The van der Waals surface area contributed by atoms with Crippen molar-refractivity contribution in [3.8, 4) is 0 Å². The third-order valence-electron chi connectivity index (χ3n) is 2.01. The summed E-state index contributed by atoms with van der Waals surface area (Å²) in [5.74, 6) is 0. The molecule has 1 unspecified atom stereocenters. The molecule has 13 heavy (non-hydrogen) atoms. The summed E-state index contributed by atoms with van der Waals surface area (Å²) in [4.78, 5) is 5.06. The first-order valence-corrected chi connectivity index (χ1v) is 4.37. The first-order valence-electron chi connectivity index (χ1n) is 3.99. The second kappa shape index (κ2) is 4.82. The van der Waals surface area contributed by atoms with E-state index in [0.29, 0.717) is 6.04 Å². The second-order valence-electron chi connectivity index (χ2n) is 2.86. The topological polar surface area (TPSA) is 21.3 Å². The predicted octanol–water partition coefficient (Wildman–Crippen LogP) is 2.73. The van der Waals surface area contributed by atoms with Crippen LogP contribution in [0.2, 0.25) is 5.02 Å². The standard InChI is InChI=1S/C9H10ClNO.ClH/c10-8-3-1-7(2-4-8)9-5-6-12-11-9;/h1-4,9,11H,5-6H2;1H. The monoisotopic (exact) mass is 219 g/mol. The quantitative estimate of drug-likeness (QED) is 0.785. The van der Waals surface area contributed by atoms with Gasteiger partial charge in [0.25, 0.3) is 0 Å². The van der Waals surface area contributed by atoms with E-state index < -0.39 is 0 Å². The molecule has 4 heteroatoms. The summed E-state index contributed by atoms with van der Waals surface area (Å²) in [7, 11) is 0. The molecule has 0 amide bonds. The molecule has 1 aliphatic rings. The van der Waals surface area contributed by atoms with Gasteiger partial charge in [0.05, 0.1) is 12.6 Å². The van der Waals surface area contributed by atoms with E-state index in [2.05, 4.69) is 5.48 Å². The highest BCUT2D eigenvalue weighted by Gasteiger charge is 2.16. The van der Waals surface area contributed by atoms with Crippen LogP contribution in [-0.4, -0.2) is 6.61 Å². The van der Waals surface area contributed by atoms with Gasteiger partial charge < -0.3 is 4.84 Å². The van der Waals surface area contributed by atoms with E-state index in [9.17, 15) is 0 Å². The van der Waals surface area contributed by atoms with E-state index >= 15 is 0 Å². The van der Waals surface area contributed by atoms with Crippen molar-refractivity contribution in [2.24, 2.45) is 0 Å². The van der Waals surface area contributed by atoms with Crippen molar-refractivity contribution in [1.82, 2.24) is 5.48 Å². The van der Waals surface area contributed by atoms with Crippen molar-refractivity contribution >= 4 is 24.0 Å². The average molecular weight is 220 g/mol. The van der Waals surface area contributed by atoms with Crippen LogP contribution in [0.1, 0.15) is 18.0 Å². The number of halogens is 2. The smallest absolute Gasteiger partial charge is 0.0701 e. The molecule has 1 aromatic carbocycles. The molecule has 2 nitrogen and oxygen atoms in total. The maximum atomic E-state index is 5.77. The first kappa shape index (κ1) is 10.8. The SMILES string of the molecule is Cl.Clc1ccc(C2CCON2)cc1. The van der Waals surface area contributed by atoms with Crippen LogP contribution >= 0.6 is 24.0 Å². The highest BCUT2D eigenvalue weighted by Crippen LogP contribution is 2.22. The fourth-order valence-corrected chi connectivity index (χ4v) is 1.45. The van der Waals surface area contributed by atoms with E-state index in [0.717, 1.165) is 18.1 Å². The summed E-state index contributed by atoms with van der Waals surface area (Å²) < 4.78 is 0. The van der Waals surface area contributed by atoms with Gasteiger partial charge in [-0.3, -0.25) is 0 Å². The summed E-state index contributed by atoms with van der Waals surface area (Å²) in [6, 6.07) is 8.18. The minimum Gasteiger partial charge on any atom is -0.301 e. The molecule has 1 aromatic rings. The normalized spacial score (nSPS) is 21.2. The van der Waals surface area contributed by atoms with Gasteiger partial charge in [-0.15, -0.1) is 12.4 Å². The summed E-state index contributed by atoms with van der Waals surface area (Å²) in [5.41, 5.74) is 4.18. The molecule has 1 aliphatic heterocycles. The number of rotatable bonds is 1. The van der Waals surface area contributed by atoms with Crippen molar-refractivity contribution in [3.63, 3.8) is 0 Å². The molecule has 0 spiro atoms. The Morgan fingerprint density at radius 3 is 2.54 bits per heavy atom. The van der Waals surface area contributed by atoms with Crippen molar-refractivity contribution in [2.45, 2.75) is 12.5 Å². The first-order chi connectivity index (χ1) is 5.86. The molecular weight excluding hydrogens is 209 g/mol. The molecule has 72 valence electrons. The maximum Gasteiger partial charge on any atom is 0.0701 e. The Bertz CT molecular complexity index is 257. The third kappa shape index (κ3) is 2.58. The van der Waals surface area contributed by atoms with Crippen LogP contribution in [0.3, 0.4) is 0 Å². The lowest BCUT2D eigenvalue weighted by molar-refractivity contribution is 0.0883. The lowest BCUT2D eigenvalue weighted by Crippen LogP contribution is -2.10. The molecular formula is C9H11Cl2NO. The molecule has 1 heterocycles. The fourth-order valence-electron chi connectivity index (χ4n) is 1.33. The van der Waals surface area contributed by atoms with Gasteiger partial charge in [0.2, 0.25) is 0 Å². The molecule has 0 aliphatic carbocycles. The van der Waals surface area contributed by atoms with Gasteiger partial charge in [-0.1, -0.05) is 23.7 Å². The van der Waals surface area contributed by atoms with E-state index in [4.69, 9.17) is 16.4 Å². The van der Waals surface area contributed by atoms with Gasteiger partial charge in [0.15, 0.2) is 0 Å². The average Bonchev–Trinajstić information content (AvgIpc) is 2.58. The fraction of sp³-hybridized carbons (Fsp3) is 0.333. The minimum absolute atomic E-state index is 0. The molecule has 1 atom stereocenters. The Labute approximate surface area is 88.6 Å². The number of hydrogen-bond donors (Lipinski definition) is 1. The van der Waals surface area contributed by atoms with Crippen molar-refractivity contribution in [2.75, 3.05) is 6.61 Å². The Kier molecular flexibility index (Phi) is 4.00. The second-order valence-corrected chi connectivity index (χ2v) is 3.30. The molecule has 0 bridgehead atoms. The largest absolute Gasteiger partial charge is 0.301 e. The molecule has 0 aromatic heterocycles. The summed E-state index contributed by atoms with van der Waals surface area (Å²) in [6.07, 6.45) is 1.03. The molecule has 0 saturated carbocycles. The van der Waals surface area contributed by atoms with Crippen LogP contribution in [-0.2, 0) is 4.84 Å². The summed E-state index contributed by atoms with van der Waals surface area (Å²) in [5, 5.41) is 0.776. The van der Waals surface area contributed by atoms with Crippen LogP contribution in [0.5, 0.6) is 0 Å². The highest BCUT2D eigenvalue weighted by atomic mass is 35.5. The molecule has 1 fully saturated rings. The summed E-state index contributed by atoms with van der Waals surface area (Å²) in [6.45, 7) is 0.785. The van der Waals surface area contributed by atoms with Gasteiger partial charge in [-0.05, 0) is 24.1 Å². The zero-order chi connectivity index (χ0) is 8.39. The van der Waals surface area contributed by atoms with Crippen LogP contribution in [0.4, 0.5) is 0 Å². The van der Waals surface area contributed by atoms with Crippen molar-refractivity contribution in [3.05, 3.63) is 34.9 Å². The van der Waals surface area contributed by atoms with Crippen LogP contribution in [0.25, 0.3) is 0 Å². The van der Waals surface area contributed by atoms with Crippen molar-refractivity contribution in [1.29, 1.82) is 0 Å². The van der Waals surface area contributed by atoms with Gasteiger partial charge in [0, 0.05) is 5.02 Å². The van der Waals surface area contributed by atoms with E-state index in [1.165, 1.54) is 5.56 Å². The third-order valence-corrected chi connectivity index (χ3v) is 2.26. The van der Waals surface area contributed by atoms with Gasteiger partial charge in [-0.25, -0.2) is 0 Å². The molecule has 1 saturated heterocycles. The van der Waals surface area contributed by atoms with Gasteiger partial charge in [0.1, 0.15) is 0 Å². The van der Waals surface area contributed by atoms with Gasteiger partial charge >= 0.3 is 0 Å². The lowest BCUT2D eigenvalue weighted by Gasteiger charge is -2.07. The van der Waals surface area contributed by atoms with Crippen LogP contribution in [0.15, 0.2) is 24.3 Å². The van der Waals surface area contributed by atoms with Crippen LogP contribution < -0.4 is 5.48 Å². The maximum absolute atomic E-state index is 5.77. The predicted molar refractivity (Wildman–Crippen MR) is 55.1 cm³/mol. The number of hydroxylamine groups is 1. The number of nitrogens with one attached hydrogen (secondary N) is 1. The lowest BCUT2D eigenvalue weighted by atomic mass is 10.1. The van der Waals surface area contributed by atoms with Crippen LogP contribution in [0, 0.1) is 0 Å². The zero-order valence-corrected chi connectivity index (χ0v) is 8.57. The Morgan fingerprint density at radius 1 is 1.31 bits per heavy atom.